The summed E-state index contributed by atoms with van der Waals surface area (Å²) in [6.07, 6.45) is 0. The number of carbonyl (C=O) groups is 1. The molecule has 0 spiro atoms. The minimum absolute atomic E-state index is 0.184. The van der Waals surface area contributed by atoms with Gasteiger partial charge in [0.1, 0.15) is 0 Å². The van der Waals surface area contributed by atoms with Crippen molar-refractivity contribution in [3.8, 4) is 0 Å². The molecule has 0 bridgehead atoms. The van der Waals surface area contributed by atoms with Gasteiger partial charge >= 0.3 is 5.97 Å². The average Bonchev–Trinajstić information content (AvgIpc) is 2.97. The number of aryl methyl sites for hydroxylation is 1. The third kappa shape index (κ3) is 3.09. The molecule has 0 saturated heterocycles. The SMILES string of the molecule is CCOC(=O)c1ccc(S(=O)(=O)N2CCn3c(C)ccc3[C@@H]2C)cc1. The average molecular weight is 362 g/mol. The first kappa shape index (κ1) is 17.7. The van der Waals surface area contributed by atoms with Crippen LogP contribution in [0.25, 0.3) is 0 Å². The molecule has 134 valence electrons. The Balaban J connectivity index is 1.88. The van der Waals surface area contributed by atoms with Crippen LogP contribution in [0.4, 0.5) is 0 Å². The van der Waals surface area contributed by atoms with E-state index in [9.17, 15) is 13.2 Å². The molecule has 0 fully saturated rings. The fourth-order valence-electron chi connectivity index (χ4n) is 3.24. The van der Waals surface area contributed by atoms with Gasteiger partial charge in [-0.25, -0.2) is 13.2 Å². The number of hydrogen-bond donors (Lipinski definition) is 0. The lowest BCUT2D eigenvalue weighted by atomic mass is 10.2. The lowest BCUT2D eigenvalue weighted by molar-refractivity contribution is 0.0526. The summed E-state index contributed by atoms with van der Waals surface area (Å²) < 4.78 is 34.6. The van der Waals surface area contributed by atoms with Gasteiger partial charge in [-0.3, -0.25) is 0 Å². The molecule has 6 nitrogen and oxygen atoms in total. The summed E-state index contributed by atoms with van der Waals surface area (Å²) in [6, 6.07) is 9.66. The molecule has 3 rings (SSSR count). The van der Waals surface area contributed by atoms with Crippen LogP contribution in [0.1, 0.15) is 41.6 Å². The second kappa shape index (κ2) is 6.65. The standard InChI is InChI=1S/C18H22N2O4S/c1-4-24-18(21)15-6-8-16(9-7-15)25(22,23)20-12-11-19-13(2)5-10-17(19)14(20)3/h5-10,14H,4,11-12H2,1-3H3/t14-/m0/s1. The summed E-state index contributed by atoms with van der Waals surface area (Å²) in [6.45, 7) is 6.99. The first-order valence-electron chi connectivity index (χ1n) is 8.31. The van der Waals surface area contributed by atoms with E-state index in [1.807, 2.05) is 26.0 Å². The van der Waals surface area contributed by atoms with Gasteiger partial charge in [0.2, 0.25) is 10.0 Å². The number of rotatable bonds is 4. The molecule has 2 aromatic rings. The number of hydrogen-bond acceptors (Lipinski definition) is 4. The van der Waals surface area contributed by atoms with Crippen molar-refractivity contribution in [2.45, 2.75) is 38.3 Å². The van der Waals surface area contributed by atoms with Crippen molar-refractivity contribution < 1.29 is 17.9 Å². The third-order valence-electron chi connectivity index (χ3n) is 4.61. The molecule has 0 unspecified atom stereocenters. The van der Waals surface area contributed by atoms with E-state index < -0.39 is 16.0 Å². The second-order valence-electron chi connectivity index (χ2n) is 6.09. The van der Waals surface area contributed by atoms with Crippen LogP contribution in [0.2, 0.25) is 0 Å². The summed E-state index contributed by atoms with van der Waals surface area (Å²) in [7, 11) is -3.63. The Bertz CT molecular complexity index is 884. The van der Waals surface area contributed by atoms with Gasteiger partial charge in [-0.15, -0.1) is 0 Å². The van der Waals surface area contributed by atoms with E-state index in [2.05, 4.69) is 4.57 Å². The van der Waals surface area contributed by atoms with E-state index in [1.54, 1.807) is 6.92 Å². The molecule has 0 saturated carbocycles. The van der Waals surface area contributed by atoms with Crippen molar-refractivity contribution in [1.29, 1.82) is 0 Å². The zero-order valence-corrected chi connectivity index (χ0v) is 15.4. The Morgan fingerprint density at radius 3 is 2.48 bits per heavy atom. The Kier molecular flexibility index (Phi) is 4.71. The van der Waals surface area contributed by atoms with Gasteiger partial charge in [-0.1, -0.05) is 0 Å². The van der Waals surface area contributed by atoms with Gasteiger partial charge < -0.3 is 9.30 Å². The fourth-order valence-corrected chi connectivity index (χ4v) is 4.84. The highest BCUT2D eigenvalue weighted by molar-refractivity contribution is 7.89. The topological polar surface area (TPSA) is 68.6 Å². The van der Waals surface area contributed by atoms with Crippen molar-refractivity contribution in [2.75, 3.05) is 13.2 Å². The Morgan fingerprint density at radius 1 is 1.16 bits per heavy atom. The summed E-state index contributed by atoms with van der Waals surface area (Å²) in [5.74, 6) is -0.453. The molecule has 1 aromatic carbocycles. The Labute approximate surface area is 148 Å². The second-order valence-corrected chi connectivity index (χ2v) is 7.98. The highest BCUT2D eigenvalue weighted by Gasteiger charge is 2.34. The van der Waals surface area contributed by atoms with Crippen LogP contribution in [-0.4, -0.2) is 36.4 Å². The summed E-state index contributed by atoms with van der Waals surface area (Å²) in [4.78, 5) is 11.9. The van der Waals surface area contributed by atoms with Crippen LogP contribution >= 0.6 is 0 Å². The number of carbonyl (C=O) groups excluding carboxylic acids is 1. The smallest absolute Gasteiger partial charge is 0.338 e. The van der Waals surface area contributed by atoms with Crippen LogP contribution in [0, 0.1) is 6.92 Å². The minimum Gasteiger partial charge on any atom is -0.462 e. The molecule has 0 amide bonds. The van der Waals surface area contributed by atoms with Gasteiger partial charge in [0.25, 0.3) is 0 Å². The van der Waals surface area contributed by atoms with E-state index in [4.69, 9.17) is 4.74 Å². The number of aromatic nitrogens is 1. The van der Waals surface area contributed by atoms with E-state index >= 15 is 0 Å². The van der Waals surface area contributed by atoms with E-state index in [-0.39, 0.29) is 17.5 Å². The predicted molar refractivity (Wildman–Crippen MR) is 93.9 cm³/mol. The molecule has 0 aliphatic carbocycles. The number of ether oxygens (including phenoxy) is 1. The molecule has 1 atom stereocenters. The number of esters is 1. The monoisotopic (exact) mass is 362 g/mol. The molecule has 0 N–H and O–H groups in total. The predicted octanol–water partition coefficient (Wildman–Crippen LogP) is 2.74. The molecular formula is C18H22N2O4S. The van der Waals surface area contributed by atoms with Crippen molar-refractivity contribution in [1.82, 2.24) is 8.87 Å². The third-order valence-corrected chi connectivity index (χ3v) is 6.59. The van der Waals surface area contributed by atoms with Gasteiger partial charge in [-0.2, -0.15) is 4.31 Å². The lowest BCUT2D eigenvalue weighted by Gasteiger charge is -2.34. The van der Waals surface area contributed by atoms with Gasteiger partial charge in [-0.05, 0) is 57.2 Å². The zero-order valence-electron chi connectivity index (χ0n) is 14.6. The quantitative estimate of drug-likeness (QED) is 0.784. The van der Waals surface area contributed by atoms with Crippen molar-refractivity contribution in [3.05, 3.63) is 53.3 Å². The molecular weight excluding hydrogens is 340 g/mol. The number of benzene rings is 1. The first-order valence-corrected chi connectivity index (χ1v) is 9.75. The maximum absolute atomic E-state index is 13.0. The molecule has 25 heavy (non-hydrogen) atoms. The summed E-state index contributed by atoms with van der Waals surface area (Å²) >= 11 is 0. The lowest BCUT2D eigenvalue weighted by Crippen LogP contribution is -2.41. The van der Waals surface area contributed by atoms with E-state index in [1.165, 1.54) is 28.6 Å². The highest BCUT2D eigenvalue weighted by atomic mass is 32.2. The van der Waals surface area contributed by atoms with Crippen molar-refractivity contribution in [2.24, 2.45) is 0 Å². The largest absolute Gasteiger partial charge is 0.462 e. The molecule has 7 heteroatoms. The maximum atomic E-state index is 13.0. The minimum atomic E-state index is -3.63. The number of nitrogens with zero attached hydrogens (tertiary/aromatic N) is 2. The molecule has 0 radical (unpaired) electrons. The van der Waals surface area contributed by atoms with Crippen LogP contribution in [0.3, 0.4) is 0 Å². The van der Waals surface area contributed by atoms with Gasteiger partial charge in [0.05, 0.1) is 23.1 Å². The van der Waals surface area contributed by atoms with Gasteiger partial charge in [0, 0.05) is 24.5 Å². The zero-order chi connectivity index (χ0) is 18.2. The van der Waals surface area contributed by atoms with Crippen molar-refractivity contribution in [3.63, 3.8) is 0 Å². The normalized spacial score (nSPS) is 18.0. The molecule has 1 aromatic heterocycles. The van der Waals surface area contributed by atoms with Gasteiger partial charge in [0.15, 0.2) is 0 Å². The van der Waals surface area contributed by atoms with Crippen LogP contribution in [-0.2, 0) is 21.3 Å². The molecule has 2 heterocycles. The molecule has 1 aliphatic rings. The molecule has 1 aliphatic heterocycles. The van der Waals surface area contributed by atoms with Crippen LogP contribution < -0.4 is 0 Å². The van der Waals surface area contributed by atoms with Crippen LogP contribution in [0.5, 0.6) is 0 Å². The van der Waals surface area contributed by atoms with Crippen molar-refractivity contribution >= 4 is 16.0 Å². The van der Waals surface area contributed by atoms with E-state index in [0.717, 1.165) is 11.4 Å². The van der Waals surface area contributed by atoms with Crippen LogP contribution in [0.15, 0.2) is 41.3 Å². The maximum Gasteiger partial charge on any atom is 0.338 e. The summed E-state index contributed by atoms with van der Waals surface area (Å²) in [5, 5.41) is 0. The van der Waals surface area contributed by atoms with E-state index in [0.29, 0.717) is 18.7 Å². The number of fused-ring (bicyclic) bond motifs is 1. The Morgan fingerprint density at radius 2 is 1.84 bits per heavy atom. The summed E-state index contributed by atoms with van der Waals surface area (Å²) in [5.41, 5.74) is 2.48. The highest BCUT2D eigenvalue weighted by Crippen LogP contribution is 2.32. The fraction of sp³-hybridized carbons (Fsp3) is 0.389. The first-order chi connectivity index (χ1) is 11.9. The Hall–Kier alpha value is -2.12. The number of sulfonamides is 1.